The van der Waals surface area contributed by atoms with Gasteiger partial charge in [0.15, 0.2) is 5.82 Å². The minimum Gasteiger partial charge on any atom is -0.467 e. The molecule has 0 atom stereocenters. The van der Waals surface area contributed by atoms with E-state index < -0.39 is 0 Å². The van der Waals surface area contributed by atoms with Crippen LogP contribution in [-0.2, 0) is 17.8 Å². The average molecular weight is 333 g/mol. The Kier molecular flexibility index (Phi) is 3.84. The quantitative estimate of drug-likeness (QED) is 0.731. The molecule has 25 heavy (non-hydrogen) atoms. The highest BCUT2D eigenvalue weighted by molar-refractivity contribution is 5.95. The van der Waals surface area contributed by atoms with E-state index >= 15 is 0 Å². The van der Waals surface area contributed by atoms with E-state index in [0.29, 0.717) is 31.0 Å². The molecule has 0 fully saturated rings. The number of rotatable bonds is 3. The molecular formula is C20H19N3O2. The van der Waals surface area contributed by atoms with E-state index in [9.17, 15) is 4.79 Å². The first-order valence-corrected chi connectivity index (χ1v) is 8.39. The normalized spacial score (nSPS) is 13.8. The van der Waals surface area contributed by atoms with Gasteiger partial charge in [0.2, 0.25) is 5.91 Å². The molecule has 0 radical (unpaired) electrons. The number of fused-ring (bicyclic) bond motifs is 1. The number of aromatic nitrogens is 2. The molecule has 4 rings (SSSR count). The molecule has 3 heterocycles. The van der Waals surface area contributed by atoms with Gasteiger partial charge >= 0.3 is 0 Å². The SMILES string of the molecule is Cc1ccc(-c2nc(C)c3c(n2)N(Cc2ccco2)C(=O)CC3)cc1. The Labute approximate surface area is 146 Å². The van der Waals surface area contributed by atoms with Gasteiger partial charge in [-0.15, -0.1) is 0 Å². The third-order valence-corrected chi connectivity index (χ3v) is 4.54. The third kappa shape index (κ3) is 2.93. The van der Waals surface area contributed by atoms with Crippen LogP contribution >= 0.6 is 0 Å². The topological polar surface area (TPSA) is 59.2 Å². The number of carbonyl (C=O) groups is 1. The van der Waals surface area contributed by atoms with E-state index in [1.54, 1.807) is 11.2 Å². The Hall–Kier alpha value is -2.95. The standard InChI is InChI=1S/C20H19N3O2/c1-13-5-7-15(8-6-13)19-21-14(2)17-9-10-18(24)23(20(17)22-19)12-16-4-3-11-25-16/h3-8,11H,9-10,12H2,1-2H3. The molecule has 5 nitrogen and oxygen atoms in total. The molecule has 2 aromatic heterocycles. The molecule has 3 aromatic rings. The summed E-state index contributed by atoms with van der Waals surface area (Å²) >= 11 is 0. The van der Waals surface area contributed by atoms with Gasteiger partial charge in [-0.1, -0.05) is 29.8 Å². The van der Waals surface area contributed by atoms with Crippen molar-refractivity contribution in [2.75, 3.05) is 4.90 Å². The first kappa shape index (κ1) is 15.6. The van der Waals surface area contributed by atoms with Crippen molar-refractivity contribution in [3.63, 3.8) is 0 Å². The minimum atomic E-state index is 0.0665. The zero-order chi connectivity index (χ0) is 17.4. The molecule has 0 saturated carbocycles. The molecule has 0 spiro atoms. The molecular weight excluding hydrogens is 314 g/mol. The highest BCUT2D eigenvalue weighted by Crippen LogP contribution is 2.31. The lowest BCUT2D eigenvalue weighted by atomic mass is 10.0. The second-order valence-electron chi connectivity index (χ2n) is 6.36. The Balaban J connectivity index is 1.79. The van der Waals surface area contributed by atoms with E-state index in [2.05, 4.69) is 4.98 Å². The highest BCUT2D eigenvalue weighted by Gasteiger charge is 2.28. The summed E-state index contributed by atoms with van der Waals surface area (Å²) in [7, 11) is 0. The summed E-state index contributed by atoms with van der Waals surface area (Å²) < 4.78 is 5.42. The molecule has 0 N–H and O–H groups in total. The van der Waals surface area contributed by atoms with Crippen LogP contribution in [0, 0.1) is 13.8 Å². The van der Waals surface area contributed by atoms with Crippen molar-refractivity contribution in [2.45, 2.75) is 33.2 Å². The van der Waals surface area contributed by atoms with Crippen LogP contribution in [0.4, 0.5) is 5.82 Å². The first-order valence-electron chi connectivity index (χ1n) is 8.39. The fraction of sp³-hybridized carbons (Fsp3) is 0.250. The Morgan fingerprint density at radius 1 is 1.08 bits per heavy atom. The van der Waals surface area contributed by atoms with Gasteiger partial charge in [-0.05, 0) is 32.4 Å². The average Bonchev–Trinajstić information content (AvgIpc) is 3.11. The lowest BCUT2D eigenvalue weighted by molar-refractivity contribution is -0.119. The van der Waals surface area contributed by atoms with Gasteiger partial charge in [0.05, 0.1) is 12.8 Å². The number of furan rings is 1. The Morgan fingerprint density at radius 3 is 2.60 bits per heavy atom. The number of benzene rings is 1. The van der Waals surface area contributed by atoms with E-state index in [-0.39, 0.29) is 5.91 Å². The van der Waals surface area contributed by atoms with Gasteiger partial charge in [-0.25, -0.2) is 9.97 Å². The molecule has 0 unspecified atom stereocenters. The summed E-state index contributed by atoms with van der Waals surface area (Å²) in [4.78, 5) is 23.6. The molecule has 1 aliphatic heterocycles. The fourth-order valence-corrected chi connectivity index (χ4v) is 3.14. The molecule has 0 saturated heterocycles. The lowest BCUT2D eigenvalue weighted by Gasteiger charge is -2.28. The number of nitrogens with zero attached hydrogens (tertiary/aromatic N) is 3. The van der Waals surface area contributed by atoms with Gasteiger partial charge in [0.25, 0.3) is 0 Å². The van der Waals surface area contributed by atoms with Crippen LogP contribution in [-0.4, -0.2) is 15.9 Å². The maximum absolute atomic E-state index is 12.5. The van der Waals surface area contributed by atoms with E-state index in [1.807, 2.05) is 50.2 Å². The first-order chi connectivity index (χ1) is 12.1. The predicted molar refractivity (Wildman–Crippen MR) is 95.2 cm³/mol. The summed E-state index contributed by atoms with van der Waals surface area (Å²) in [6, 6.07) is 11.8. The van der Waals surface area contributed by atoms with Crippen molar-refractivity contribution in [3.05, 3.63) is 65.2 Å². The Morgan fingerprint density at radius 2 is 1.88 bits per heavy atom. The number of aryl methyl sites for hydroxylation is 2. The van der Waals surface area contributed by atoms with Crippen LogP contribution in [0.2, 0.25) is 0 Å². The van der Waals surface area contributed by atoms with E-state index in [0.717, 1.165) is 22.6 Å². The van der Waals surface area contributed by atoms with Crippen LogP contribution in [0.25, 0.3) is 11.4 Å². The van der Waals surface area contributed by atoms with Gasteiger partial charge in [-0.2, -0.15) is 0 Å². The summed E-state index contributed by atoms with van der Waals surface area (Å²) in [6.07, 6.45) is 2.78. The summed E-state index contributed by atoms with van der Waals surface area (Å²) in [5.74, 6) is 2.16. The summed E-state index contributed by atoms with van der Waals surface area (Å²) in [6.45, 7) is 4.42. The highest BCUT2D eigenvalue weighted by atomic mass is 16.3. The van der Waals surface area contributed by atoms with Crippen molar-refractivity contribution in [1.29, 1.82) is 0 Å². The van der Waals surface area contributed by atoms with Crippen LogP contribution < -0.4 is 4.90 Å². The number of carbonyl (C=O) groups excluding carboxylic acids is 1. The molecule has 0 aliphatic carbocycles. The van der Waals surface area contributed by atoms with E-state index in [4.69, 9.17) is 9.40 Å². The predicted octanol–water partition coefficient (Wildman–Crippen LogP) is 3.83. The lowest BCUT2D eigenvalue weighted by Crippen LogP contribution is -2.36. The molecule has 126 valence electrons. The fourth-order valence-electron chi connectivity index (χ4n) is 3.14. The van der Waals surface area contributed by atoms with Crippen LogP contribution in [0.1, 0.15) is 29.0 Å². The van der Waals surface area contributed by atoms with E-state index in [1.165, 1.54) is 5.56 Å². The van der Waals surface area contributed by atoms with Crippen molar-refractivity contribution >= 4 is 11.7 Å². The van der Waals surface area contributed by atoms with Crippen molar-refractivity contribution in [1.82, 2.24) is 9.97 Å². The largest absolute Gasteiger partial charge is 0.467 e. The number of amides is 1. The van der Waals surface area contributed by atoms with Crippen molar-refractivity contribution < 1.29 is 9.21 Å². The van der Waals surface area contributed by atoms with Gasteiger partial charge in [0, 0.05) is 23.2 Å². The number of anilines is 1. The number of hydrogen-bond acceptors (Lipinski definition) is 4. The maximum atomic E-state index is 12.5. The summed E-state index contributed by atoms with van der Waals surface area (Å²) in [5, 5.41) is 0. The van der Waals surface area contributed by atoms with Crippen molar-refractivity contribution in [3.8, 4) is 11.4 Å². The molecule has 1 amide bonds. The summed E-state index contributed by atoms with van der Waals surface area (Å²) in [5.41, 5.74) is 4.11. The van der Waals surface area contributed by atoms with Gasteiger partial charge in [0.1, 0.15) is 11.6 Å². The van der Waals surface area contributed by atoms with Crippen LogP contribution in [0.5, 0.6) is 0 Å². The molecule has 1 aromatic carbocycles. The second-order valence-corrected chi connectivity index (χ2v) is 6.36. The van der Waals surface area contributed by atoms with Gasteiger partial charge < -0.3 is 4.42 Å². The minimum absolute atomic E-state index is 0.0665. The molecule has 0 bridgehead atoms. The molecule has 1 aliphatic rings. The van der Waals surface area contributed by atoms with Crippen molar-refractivity contribution in [2.24, 2.45) is 0 Å². The third-order valence-electron chi connectivity index (χ3n) is 4.54. The zero-order valence-corrected chi connectivity index (χ0v) is 14.3. The second kappa shape index (κ2) is 6.16. The van der Waals surface area contributed by atoms with Gasteiger partial charge in [-0.3, -0.25) is 9.69 Å². The number of hydrogen-bond donors (Lipinski definition) is 0. The van der Waals surface area contributed by atoms with Crippen LogP contribution in [0.15, 0.2) is 47.1 Å². The monoisotopic (exact) mass is 333 g/mol. The molecule has 5 heteroatoms. The Bertz CT molecular complexity index is 915. The van der Waals surface area contributed by atoms with Crippen LogP contribution in [0.3, 0.4) is 0 Å². The maximum Gasteiger partial charge on any atom is 0.228 e. The zero-order valence-electron chi connectivity index (χ0n) is 14.3. The smallest absolute Gasteiger partial charge is 0.228 e.